The number of fused-ring (bicyclic) bond motifs is 1. The molecule has 0 radical (unpaired) electrons. The van der Waals surface area contributed by atoms with Gasteiger partial charge in [-0.15, -0.1) is 0 Å². The summed E-state index contributed by atoms with van der Waals surface area (Å²) < 4.78 is 5.97. The number of rotatable bonds is 4. The lowest BCUT2D eigenvalue weighted by Crippen LogP contribution is -2.60. The maximum absolute atomic E-state index is 13.1. The first-order chi connectivity index (χ1) is 14.1. The fourth-order valence-corrected chi connectivity index (χ4v) is 5.22. The molecule has 1 aromatic carbocycles. The molecule has 6 heteroatoms. The molecule has 1 atom stereocenters. The lowest BCUT2D eigenvalue weighted by atomic mass is 9.79. The molecular formula is C23H33N3O3. The molecule has 1 aliphatic carbocycles. The van der Waals surface area contributed by atoms with Crippen molar-refractivity contribution in [2.24, 2.45) is 0 Å². The number of benzene rings is 1. The second-order valence-corrected chi connectivity index (χ2v) is 8.75. The lowest BCUT2D eigenvalue weighted by molar-refractivity contribution is -0.129. The van der Waals surface area contributed by atoms with Gasteiger partial charge in [0.15, 0.2) is 6.10 Å². The molecular weight excluding hydrogens is 366 g/mol. The summed E-state index contributed by atoms with van der Waals surface area (Å²) in [5, 5.41) is 3.21. The Morgan fingerprint density at radius 2 is 1.76 bits per heavy atom. The van der Waals surface area contributed by atoms with E-state index in [0.717, 1.165) is 31.6 Å². The largest absolute Gasteiger partial charge is 0.477 e. The van der Waals surface area contributed by atoms with Gasteiger partial charge in [-0.3, -0.25) is 14.5 Å². The molecule has 1 N–H and O–H groups in total. The third-order valence-electron chi connectivity index (χ3n) is 6.85. The van der Waals surface area contributed by atoms with Gasteiger partial charge in [-0.1, -0.05) is 37.8 Å². The van der Waals surface area contributed by atoms with Crippen LogP contribution in [0.3, 0.4) is 0 Å². The topological polar surface area (TPSA) is 61.9 Å². The van der Waals surface area contributed by atoms with Crippen LogP contribution >= 0.6 is 0 Å². The van der Waals surface area contributed by atoms with Gasteiger partial charge in [0.2, 0.25) is 5.91 Å². The number of piperidine rings is 1. The van der Waals surface area contributed by atoms with Crippen molar-refractivity contribution in [2.75, 3.05) is 31.1 Å². The molecule has 29 heavy (non-hydrogen) atoms. The Hall–Kier alpha value is -2.08. The first kappa shape index (κ1) is 20.2. The minimum absolute atomic E-state index is 0.0735. The smallest absolute Gasteiger partial charge is 0.263 e. The van der Waals surface area contributed by atoms with Crippen molar-refractivity contribution in [3.8, 4) is 5.75 Å². The molecule has 158 valence electrons. The van der Waals surface area contributed by atoms with Gasteiger partial charge in [0.05, 0.1) is 12.2 Å². The molecule has 0 aromatic heterocycles. The third-order valence-corrected chi connectivity index (χ3v) is 6.85. The summed E-state index contributed by atoms with van der Waals surface area (Å²) in [7, 11) is 0. The van der Waals surface area contributed by atoms with E-state index in [1.54, 1.807) is 4.90 Å². The Kier molecular flexibility index (Phi) is 6.09. The van der Waals surface area contributed by atoms with Crippen LogP contribution < -0.4 is 15.0 Å². The summed E-state index contributed by atoms with van der Waals surface area (Å²) in [4.78, 5) is 29.5. The number of anilines is 1. The fourth-order valence-electron chi connectivity index (χ4n) is 5.22. The molecule has 6 nitrogen and oxygen atoms in total. The molecule has 0 bridgehead atoms. The van der Waals surface area contributed by atoms with Crippen molar-refractivity contribution in [2.45, 2.75) is 69.9 Å². The van der Waals surface area contributed by atoms with Gasteiger partial charge in [0, 0.05) is 19.0 Å². The van der Waals surface area contributed by atoms with Crippen LogP contribution in [0.4, 0.5) is 5.69 Å². The highest BCUT2D eigenvalue weighted by atomic mass is 16.5. The van der Waals surface area contributed by atoms with E-state index in [9.17, 15) is 9.59 Å². The summed E-state index contributed by atoms with van der Waals surface area (Å²) in [5.74, 6) is 0.404. The zero-order valence-electron chi connectivity index (χ0n) is 17.5. The van der Waals surface area contributed by atoms with E-state index in [4.69, 9.17) is 4.74 Å². The SMILES string of the molecule is CC(=O)N1C[C@@H](C(=O)NCC2(N3CCCCC3)CCCCC2)Oc2ccccc21. The number of carbonyl (C=O) groups excluding carboxylic acids is 2. The lowest BCUT2D eigenvalue weighted by Gasteiger charge is -2.48. The number of para-hydroxylation sites is 2. The molecule has 2 amide bonds. The van der Waals surface area contributed by atoms with Gasteiger partial charge in [0.1, 0.15) is 5.75 Å². The minimum Gasteiger partial charge on any atom is -0.477 e. The van der Waals surface area contributed by atoms with Gasteiger partial charge >= 0.3 is 0 Å². The van der Waals surface area contributed by atoms with Crippen LogP contribution in [-0.2, 0) is 9.59 Å². The second-order valence-electron chi connectivity index (χ2n) is 8.75. The van der Waals surface area contributed by atoms with Crippen LogP contribution in [0, 0.1) is 0 Å². The Morgan fingerprint density at radius 3 is 2.48 bits per heavy atom. The van der Waals surface area contributed by atoms with Crippen molar-refractivity contribution >= 4 is 17.5 Å². The summed E-state index contributed by atoms with van der Waals surface area (Å²) in [6.07, 6.45) is 9.22. The predicted molar refractivity (Wildman–Crippen MR) is 113 cm³/mol. The van der Waals surface area contributed by atoms with Crippen LogP contribution in [0.5, 0.6) is 5.75 Å². The molecule has 1 saturated heterocycles. The number of amides is 2. The Labute approximate surface area is 173 Å². The number of likely N-dealkylation sites (tertiary alicyclic amines) is 1. The van der Waals surface area contributed by atoms with Gasteiger partial charge in [0.25, 0.3) is 5.91 Å². The normalized spacial score (nSPS) is 24.3. The third kappa shape index (κ3) is 4.27. The van der Waals surface area contributed by atoms with Gasteiger partial charge in [-0.05, 0) is 50.9 Å². The van der Waals surface area contributed by atoms with Crippen LogP contribution in [0.2, 0.25) is 0 Å². The minimum atomic E-state index is -0.671. The molecule has 2 heterocycles. The van der Waals surface area contributed by atoms with Crippen LogP contribution in [0.25, 0.3) is 0 Å². The van der Waals surface area contributed by atoms with E-state index in [0.29, 0.717) is 12.3 Å². The van der Waals surface area contributed by atoms with E-state index >= 15 is 0 Å². The number of hydrogen-bond acceptors (Lipinski definition) is 4. The van der Waals surface area contributed by atoms with Crippen molar-refractivity contribution in [3.05, 3.63) is 24.3 Å². The molecule has 0 unspecified atom stereocenters. The van der Waals surface area contributed by atoms with E-state index in [2.05, 4.69) is 10.2 Å². The molecule has 1 aromatic rings. The zero-order chi connectivity index (χ0) is 20.3. The highest BCUT2D eigenvalue weighted by Crippen LogP contribution is 2.36. The Balaban J connectivity index is 1.45. The van der Waals surface area contributed by atoms with Crippen LogP contribution in [0.1, 0.15) is 58.3 Å². The molecule has 3 aliphatic rings. The second kappa shape index (κ2) is 8.74. The number of hydrogen-bond donors (Lipinski definition) is 1. The summed E-state index contributed by atoms with van der Waals surface area (Å²) in [6, 6.07) is 7.42. The van der Waals surface area contributed by atoms with E-state index < -0.39 is 6.10 Å². The maximum Gasteiger partial charge on any atom is 0.263 e. The highest BCUT2D eigenvalue weighted by molar-refractivity contribution is 5.95. The summed E-state index contributed by atoms with van der Waals surface area (Å²) in [5.41, 5.74) is 0.822. The zero-order valence-corrected chi connectivity index (χ0v) is 17.5. The fraction of sp³-hybridized carbons (Fsp3) is 0.652. The summed E-state index contributed by atoms with van der Waals surface area (Å²) >= 11 is 0. The number of nitrogens with zero attached hydrogens (tertiary/aromatic N) is 2. The van der Waals surface area contributed by atoms with E-state index in [-0.39, 0.29) is 23.9 Å². The predicted octanol–water partition coefficient (Wildman–Crippen LogP) is 3.11. The average molecular weight is 400 g/mol. The monoisotopic (exact) mass is 399 g/mol. The van der Waals surface area contributed by atoms with Crippen LogP contribution in [0.15, 0.2) is 24.3 Å². The van der Waals surface area contributed by atoms with E-state index in [1.165, 1.54) is 45.4 Å². The maximum atomic E-state index is 13.1. The summed E-state index contributed by atoms with van der Waals surface area (Å²) in [6.45, 7) is 4.75. The Bertz CT molecular complexity index is 739. The van der Waals surface area contributed by atoms with Crippen molar-refractivity contribution in [3.63, 3.8) is 0 Å². The highest BCUT2D eigenvalue weighted by Gasteiger charge is 2.40. The number of ether oxygens (including phenoxy) is 1. The first-order valence-corrected chi connectivity index (χ1v) is 11.2. The van der Waals surface area contributed by atoms with Crippen molar-refractivity contribution in [1.29, 1.82) is 0 Å². The molecule has 2 aliphatic heterocycles. The van der Waals surface area contributed by atoms with Gasteiger partial charge in [-0.2, -0.15) is 0 Å². The standard InChI is InChI=1S/C23H33N3O3/c1-18(27)26-16-21(29-20-11-5-4-10-19(20)26)22(28)24-17-23(12-6-2-7-13-23)25-14-8-3-9-15-25/h4-5,10-11,21H,2-3,6-9,12-17H2,1H3,(H,24,28)/t21-/m0/s1. The number of nitrogens with one attached hydrogen (secondary N) is 1. The van der Waals surface area contributed by atoms with E-state index in [1.807, 2.05) is 24.3 Å². The van der Waals surface area contributed by atoms with Crippen molar-refractivity contribution < 1.29 is 14.3 Å². The average Bonchev–Trinajstić information content (AvgIpc) is 2.78. The molecule has 2 fully saturated rings. The Morgan fingerprint density at radius 1 is 1.07 bits per heavy atom. The first-order valence-electron chi connectivity index (χ1n) is 11.2. The molecule has 4 rings (SSSR count). The van der Waals surface area contributed by atoms with Gasteiger partial charge < -0.3 is 15.0 Å². The molecule has 0 spiro atoms. The molecule has 1 saturated carbocycles. The van der Waals surface area contributed by atoms with Gasteiger partial charge in [-0.25, -0.2) is 0 Å². The number of carbonyl (C=O) groups is 2. The quantitative estimate of drug-likeness (QED) is 0.845. The van der Waals surface area contributed by atoms with Crippen LogP contribution in [-0.4, -0.2) is 54.5 Å². The van der Waals surface area contributed by atoms with Crippen molar-refractivity contribution in [1.82, 2.24) is 10.2 Å².